The van der Waals surface area contributed by atoms with E-state index in [1.807, 2.05) is 6.92 Å². The van der Waals surface area contributed by atoms with Crippen molar-refractivity contribution < 1.29 is 10.0 Å². The number of halogens is 1. The number of nitrogens with zero attached hydrogens (tertiary/aromatic N) is 2. The van der Waals surface area contributed by atoms with Crippen LogP contribution in [0, 0.1) is 0 Å². The van der Waals surface area contributed by atoms with Gasteiger partial charge in [-0.25, -0.2) is 4.79 Å². The third-order valence-corrected chi connectivity index (χ3v) is 3.09. The van der Waals surface area contributed by atoms with Gasteiger partial charge in [0, 0.05) is 23.6 Å². The van der Waals surface area contributed by atoms with Crippen molar-refractivity contribution in [3.63, 3.8) is 0 Å². The van der Waals surface area contributed by atoms with Crippen LogP contribution in [0.2, 0.25) is 0 Å². The Morgan fingerprint density at radius 1 is 1.61 bits per heavy atom. The summed E-state index contributed by atoms with van der Waals surface area (Å²) in [6.45, 7) is 2.50. The number of urea groups is 1. The summed E-state index contributed by atoms with van der Waals surface area (Å²) >= 11 is 3.32. The first kappa shape index (κ1) is 14.3. The van der Waals surface area contributed by atoms with E-state index in [1.165, 1.54) is 0 Å². The first-order valence-electron chi connectivity index (χ1n) is 5.29. The highest BCUT2D eigenvalue weighted by molar-refractivity contribution is 9.10. The predicted octanol–water partition coefficient (Wildman–Crippen LogP) is 2.03. The van der Waals surface area contributed by atoms with Gasteiger partial charge >= 0.3 is 6.03 Å². The fourth-order valence-corrected chi connectivity index (χ4v) is 1.67. The standard InChI is InChI=1S/C11H15BrN4O2/c1-3-16(2)11(17)14-9-5-4-7(6-8(9)12)10(13)15-18/h4-6,18H,3H2,1-2H3,(H2,13,15)(H,14,17). The number of hydrogen-bond donors (Lipinski definition) is 3. The number of anilines is 1. The Bertz CT molecular complexity index is 476. The van der Waals surface area contributed by atoms with Gasteiger partial charge in [-0.3, -0.25) is 0 Å². The lowest BCUT2D eigenvalue weighted by Gasteiger charge is -2.16. The molecule has 0 heterocycles. The van der Waals surface area contributed by atoms with E-state index >= 15 is 0 Å². The number of nitrogens with one attached hydrogen (secondary N) is 1. The summed E-state index contributed by atoms with van der Waals surface area (Å²) in [4.78, 5) is 13.2. The molecule has 1 aromatic rings. The van der Waals surface area contributed by atoms with Crippen LogP contribution in [0.25, 0.3) is 0 Å². The Kier molecular flexibility index (Phi) is 4.96. The SMILES string of the molecule is CCN(C)C(=O)Nc1ccc(/C(N)=N/O)cc1Br. The van der Waals surface area contributed by atoms with Crippen LogP contribution in [0.15, 0.2) is 27.8 Å². The number of nitrogens with two attached hydrogens (primary N) is 1. The van der Waals surface area contributed by atoms with Crippen molar-refractivity contribution in [3.8, 4) is 0 Å². The first-order valence-corrected chi connectivity index (χ1v) is 6.08. The van der Waals surface area contributed by atoms with Crippen LogP contribution in [-0.2, 0) is 0 Å². The lowest BCUT2D eigenvalue weighted by molar-refractivity contribution is 0.224. The fourth-order valence-electron chi connectivity index (χ4n) is 1.19. The van der Waals surface area contributed by atoms with Crippen LogP contribution in [-0.4, -0.2) is 35.6 Å². The molecule has 0 bridgehead atoms. The molecule has 0 saturated heterocycles. The van der Waals surface area contributed by atoms with Crippen molar-refractivity contribution >= 4 is 33.5 Å². The summed E-state index contributed by atoms with van der Waals surface area (Å²) in [5.74, 6) is 0.0132. The summed E-state index contributed by atoms with van der Waals surface area (Å²) < 4.78 is 0.657. The molecule has 98 valence electrons. The van der Waals surface area contributed by atoms with Gasteiger partial charge < -0.3 is 21.2 Å². The molecule has 0 unspecified atom stereocenters. The smallest absolute Gasteiger partial charge is 0.321 e. The van der Waals surface area contributed by atoms with E-state index in [0.29, 0.717) is 22.3 Å². The number of carbonyl (C=O) groups is 1. The van der Waals surface area contributed by atoms with Gasteiger partial charge in [0.05, 0.1) is 5.69 Å². The van der Waals surface area contributed by atoms with Gasteiger partial charge in [-0.2, -0.15) is 0 Å². The molecule has 0 radical (unpaired) electrons. The second-order valence-corrected chi connectivity index (χ2v) is 4.48. The van der Waals surface area contributed by atoms with Crippen molar-refractivity contribution in [2.75, 3.05) is 18.9 Å². The van der Waals surface area contributed by atoms with Crippen molar-refractivity contribution in [2.45, 2.75) is 6.92 Å². The topological polar surface area (TPSA) is 91.0 Å². The summed E-state index contributed by atoms with van der Waals surface area (Å²) in [5.41, 5.74) is 6.65. The van der Waals surface area contributed by atoms with E-state index in [1.54, 1.807) is 30.1 Å². The van der Waals surface area contributed by atoms with E-state index in [9.17, 15) is 4.79 Å². The van der Waals surface area contributed by atoms with Crippen LogP contribution in [0.5, 0.6) is 0 Å². The number of carbonyl (C=O) groups excluding carboxylic acids is 1. The van der Waals surface area contributed by atoms with E-state index < -0.39 is 0 Å². The first-order chi connectivity index (χ1) is 8.49. The third-order valence-electron chi connectivity index (χ3n) is 2.44. The number of benzene rings is 1. The van der Waals surface area contributed by atoms with Gasteiger partial charge in [0.1, 0.15) is 0 Å². The number of rotatable bonds is 3. The van der Waals surface area contributed by atoms with Crippen LogP contribution in [0.4, 0.5) is 10.5 Å². The van der Waals surface area contributed by atoms with Crippen LogP contribution >= 0.6 is 15.9 Å². The second kappa shape index (κ2) is 6.25. The molecule has 0 aromatic heterocycles. The zero-order valence-electron chi connectivity index (χ0n) is 10.1. The number of amidine groups is 1. The lowest BCUT2D eigenvalue weighted by Crippen LogP contribution is -2.31. The third kappa shape index (κ3) is 3.36. The minimum atomic E-state index is -0.199. The fraction of sp³-hybridized carbons (Fsp3) is 0.273. The van der Waals surface area contributed by atoms with Crippen LogP contribution in [0.1, 0.15) is 12.5 Å². The number of amides is 2. The van der Waals surface area contributed by atoms with Gasteiger partial charge in [0.2, 0.25) is 0 Å². The molecular weight excluding hydrogens is 300 g/mol. The molecule has 0 spiro atoms. The monoisotopic (exact) mass is 314 g/mol. The molecular formula is C11H15BrN4O2. The Morgan fingerprint density at radius 2 is 2.28 bits per heavy atom. The average molecular weight is 315 g/mol. The molecule has 1 aromatic carbocycles. The second-order valence-electron chi connectivity index (χ2n) is 3.62. The Labute approximate surface area is 114 Å². The average Bonchev–Trinajstić information content (AvgIpc) is 2.38. The maximum Gasteiger partial charge on any atom is 0.321 e. The molecule has 7 heteroatoms. The summed E-state index contributed by atoms with van der Waals surface area (Å²) in [5, 5.41) is 14.2. The Balaban J connectivity index is 2.90. The quantitative estimate of drug-likeness (QED) is 0.345. The number of oxime groups is 1. The van der Waals surface area contributed by atoms with Gasteiger partial charge in [-0.1, -0.05) is 5.16 Å². The molecule has 2 amide bonds. The van der Waals surface area contributed by atoms with Gasteiger partial charge in [0.15, 0.2) is 5.84 Å². The molecule has 0 atom stereocenters. The zero-order chi connectivity index (χ0) is 13.7. The van der Waals surface area contributed by atoms with E-state index in [0.717, 1.165) is 0 Å². The van der Waals surface area contributed by atoms with Crippen molar-refractivity contribution in [1.82, 2.24) is 4.90 Å². The highest BCUT2D eigenvalue weighted by Gasteiger charge is 2.10. The molecule has 6 nitrogen and oxygen atoms in total. The van der Waals surface area contributed by atoms with E-state index in [2.05, 4.69) is 26.4 Å². The minimum Gasteiger partial charge on any atom is -0.409 e. The van der Waals surface area contributed by atoms with Gasteiger partial charge in [0.25, 0.3) is 0 Å². The number of hydrogen-bond acceptors (Lipinski definition) is 3. The van der Waals surface area contributed by atoms with E-state index in [-0.39, 0.29) is 11.9 Å². The lowest BCUT2D eigenvalue weighted by atomic mass is 10.2. The van der Waals surface area contributed by atoms with Crippen molar-refractivity contribution in [3.05, 3.63) is 28.2 Å². The molecule has 0 saturated carbocycles. The molecule has 0 aliphatic heterocycles. The summed E-state index contributed by atoms with van der Waals surface area (Å²) in [6.07, 6.45) is 0. The van der Waals surface area contributed by atoms with Gasteiger partial charge in [-0.05, 0) is 41.1 Å². The maximum absolute atomic E-state index is 11.7. The summed E-state index contributed by atoms with van der Waals surface area (Å²) in [7, 11) is 1.70. The summed E-state index contributed by atoms with van der Waals surface area (Å²) in [6, 6.07) is 4.80. The molecule has 1 rings (SSSR count). The highest BCUT2D eigenvalue weighted by Crippen LogP contribution is 2.23. The molecule has 0 fully saturated rings. The van der Waals surface area contributed by atoms with Crippen LogP contribution < -0.4 is 11.1 Å². The van der Waals surface area contributed by atoms with Crippen LogP contribution in [0.3, 0.4) is 0 Å². The molecule has 0 aliphatic rings. The minimum absolute atomic E-state index is 0.0132. The predicted molar refractivity (Wildman–Crippen MR) is 74.0 cm³/mol. The van der Waals surface area contributed by atoms with Crippen molar-refractivity contribution in [1.29, 1.82) is 0 Å². The highest BCUT2D eigenvalue weighted by atomic mass is 79.9. The Hall–Kier alpha value is -1.76. The molecule has 0 aliphatic carbocycles. The van der Waals surface area contributed by atoms with Crippen molar-refractivity contribution in [2.24, 2.45) is 10.9 Å². The normalized spacial score (nSPS) is 11.2. The van der Waals surface area contributed by atoms with Gasteiger partial charge in [-0.15, -0.1) is 0 Å². The zero-order valence-corrected chi connectivity index (χ0v) is 11.7. The molecule has 4 N–H and O–H groups in total. The Morgan fingerprint density at radius 3 is 2.78 bits per heavy atom. The largest absolute Gasteiger partial charge is 0.409 e. The molecule has 18 heavy (non-hydrogen) atoms. The van der Waals surface area contributed by atoms with E-state index in [4.69, 9.17) is 10.9 Å². The maximum atomic E-state index is 11.7.